The molecule has 0 fully saturated rings. The van der Waals surface area contributed by atoms with Crippen molar-refractivity contribution in [1.82, 2.24) is 10.2 Å². The molecule has 1 unspecified atom stereocenters. The molecule has 0 spiro atoms. The highest BCUT2D eigenvalue weighted by Crippen LogP contribution is 2.11. The molecule has 0 bridgehead atoms. The number of likely N-dealkylation sites (N-methyl/N-ethyl adjacent to an activating group) is 2. The number of nitrogens with zero attached hydrogens (tertiary/aromatic N) is 1. The Morgan fingerprint density at radius 1 is 0.968 bits per heavy atom. The minimum absolute atomic E-state index is 0.0556. The van der Waals surface area contributed by atoms with E-state index in [1.165, 1.54) is 14.1 Å². The molecule has 0 aliphatic heterocycles. The number of hydrogen-bond acceptors (Lipinski definition) is 6. The Morgan fingerprint density at radius 3 is 2.00 bits per heavy atom. The smallest absolute Gasteiger partial charge is 0.254 e. The van der Waals surface area contributed by atoms with Gasteiger partial charge in [0.25, 0.3) is 5.91 Å². The Labute approximate surface area is 180 Å². The highest BCUT2D eigenvalue weighted by molar-refractivity contribution is 6.10. The number of aliphatic hydroxyl groups excluding tert-OH is 2. The fourth-order valence-electron chi connectivity index (χ4n) is 2.79. The summed E-state index contributed by atoms with van der Waals surface area (Å²) >= 11 is 0. The number of hydrogen-bond donors (Lipinski definition) is 4. The molecule has 2 aromatic carbocycles. The third kappa shape index (κ3) is 6.40. The first kappa shape index (κ1) is 23.6. The van der Waals surface area contributed by atoms with Crippen molar-refractivity contribution in [2.45, 2.75) is 6.04 Å². The first-order valence-electron chi connectivity index (χ1n) is 9.60. The van der Waals surface area contributed by atoms with Gasteiger partial charge < -0.3 is 25.7 Å². The molecule has 2 amide bonds. The van der Waals surface area contributed by atoms with Crippen LogP contribution >= 0.6 is 0 Å². The normalized spacial score (nSPS) is 11.0. The van der Waals surface area contributed by atoms with Crippen LogP contribution in [0.3, 0.4) is 0 Å². The molecule has 0 radical (unpaired) electrons. The molecule has 31 heavy (non-hydrogen) atoms. The summed E-state index contributed by atoms with van der Waals surface area (Å²) in [6, 6.07) is 12.5. The van der Waals surface area contributed by atoms with E-state index in [2.05, 4.69) is 22.5 Å². The number of carbonyl (C=O) groups is 3. The molecule has 162 valence electrons. The van der Waals surface area contributed by atoms with Gasteiger partial charge in [-0.2, -0.15) is 0 Å². The molecule has 2 aromatic rings. The summed E-state index contributed by atoms with van der Waals surface area (Å²) in [5, 5.41) is 23.3. The molecule has 1 atom stereocenters. The Balaban J connectivity index is 2.11. The lowest BCUT2D eigenvalue weighted by atomic mass is 10.1. The van der Waals surface area contributed by atoms with Crippen molar-refractivity contribution in [1.29, 1.82) is 0 Å². The van der Waals surface area contributed by atoms with Gasteiger partial charge in [-0.3, -0.25) is 14.4 Å². The topological polar surface area (TPSA) is 119 Å². The van der Waals surface area contributed by atoms with E-state index < -0.39 is 30.2 Å². The number of nitrogens with one attached hydrogen (secondary N) is 2. The highest BCUT2D eigenvalue weighted by Gasteiger charge is 2.32. The maximum absolute atomic E-state index is 12.7. The van der Waals surface area contributed by atoms with Crippen LogP contribution in [0.15, 0.2) is 48.5 Å². The van der Waals surface area contributed by atoms with E-state index in [0.717, 1.165) is 16.2 Å². The second-order valence-corrected chi connectivity index (χ2v) is 6.61. The average molecular weight is 423 g/mol. The first-order chi connectivity index (χ1) is 14.9. The summed E-state index contributed by atoms with van der Waals surface area (Å²) in [5.41, 5.74) is 2.68. The number of benzene rings is 2. The molecule has 0 aliphatic carbocycles. The fraction of sp³-hybridized carbons (Fsp3) is 0.261. The Hall–Kier alpha value is -3.67. The van der Waals surface area contributed by atoms with Crippen molar-refractivity contribution in [3.63, 3.8) is 0 Å². The molecule has 0 saturated heterocycles. The molecule has 2 rings (SSSR count). The zero-order chi connectivity index (χ0) is 22.8. The number of anilines is 1. The SMILES string of the molecule is CNC(=O)C(C(=O)CO)N(C)C(=O)c1ccc(C#Cc2ccc(NCCO)cc2)cc1. The van der Waals surface area contributed by atoms with E-state index in [9.17, 15) is 14.4 Å². The van der Waals surface area contributed by atoms with E-state index in [1.807, 2.05) is 24.3 Å². The second-order valence-electron chi connectivity index (χ2n) is 6.61. The first-order valence-corrected chi connectivity index (χ1v) is 9.60. The summed E-state index contributed by atoms with van der Waals surface area (Å²) in [6.07, 6.45) is 0. The minimum Gasteiger partial charge on any atom is -0.395 e. The number of ketones is 1. The predicted molar refractivity (Wildman–Crippen MR) is 116 cm³/mol. The molecule has 4 N–H and O–H groups in total. The molecular formula is C23H25N3O5. The largest absolute Gasteiger partial charge is 0.395 e. The van der Waals surface area contributed by atoms with Crippen LogP contribution in [0.2, 0.25) is 0 Å². The molecule has 0 aromatic heterocycles. The summed E-state index contributed by atoms with van der Waals surface area (Å²) in [5.74, 6) is 4.07. The third-order valence-electron chi connectivity index (χ3n) is 4.47. The van der Waals surface area contributed by atoms with Crippen LogP contribution < -0.4 is 10.6 Å². The van der Waals surface area contributed by atoms with Crippen molar-refractivity contribution in [2.24, 2.45) is 0 Å². The van der Waals surface area contributed by atoms with Crippen molar-refractivity contribution >= 4 is 23.3 Å². The van der Waals surface area contributed by atoms with Gasteiger partial charge in [0.15, 0.2) is 11.8 Å². The molecule has 8 heteroatoms. The summed E-state index contributed by atoms with van der Waals surface area (Å²) in [6.45, 7) is -0.313. The monoisotopic (exact) mass is 423 g/mol. The third-order valence-corrected chi connectivity index (χ3v) is 4.47. The van der Waals surface area contributed by atoms with E-state index in [4.69, 9.17) is 10.2 Å². The Kier molecular flexibility index (Phi) is 8.76. The zero-order valence-corrected chi connectivity index (χ0v) is 17.4. The summed E-state index contributed by atoms with van der Waals surface area (Å²) in [7, 11) is 2.69. The molecule has 0 saturated carbocycles. The fourth-order valence-corrected chi connectivity index (χ4v) is 2.79. The van der Waals surface area contributed by atoms with Gasteiger partial charge in [-0.05, 0) is 48.5 Å². The standard InChI is InChI=1S/C23H25N3O5/c1-24-22(30)21(20(29)15-28)26(2)23(31)18-9-5-16(6-10-18)3-4-17-7-11-19(12-8-17)25-13-14-27/h5-12,21,25,27-28H,13-15H2,1-2H3,(H,24,30). The second kappa shape index (κ2) is 11.5. The summed E-state index contributed by atoms with van der Waals surface area (Å²) in [4.78, 5) is 37.5. The van der Waals surface area contributed by atoms with Crippen LogP contribution in [0, 0.1) is 11.8 Å². The average Bonchev–Trinajstić information content (AvgIpc) is 2.81. The lowest BCUT2D eigenvalue weighted by molar-refractivity contribution is -0.135. The maximum atomic E-state index is 12.7. The van der Waals surface area contributed by atoms with Crippen molar-refractivity contribution < 1.29 is 24.6 Å². The van der Waals surface area contributed by atoms with Gasteiger partial charge in [0.05, 0.1) is 6.61 Å². The van der Waals surface area contributed by atoms with Crippen LogP contribution in [0.1, 0.15) is 21.5 Å². The maximum Gasteiger partial charge on any atom is 0.254 e. The van der Waals surface area contributed by atoms with Crippen LogP contribution in [-0.4, -0.2) is 72.6 Å². The van der Waals surface area contributed by atoms with Crippen molar-refractivity contribution in [3.8, 4) is 11.8 Å². The van der Waals surface area contributed by atoms with Gasteiger partial charge in [-0.1, -0.05) is 11.8 Å². The highest BCUT2D eigenvalue weighted by atomic mass is 16.3. The molecule has 0 heterocycles. The molecule has 8 nitrogen and oxygen atoms in total. The Morgan fingerprint density at radius 2 is 1.52 bits per heavy atom. The van der Waals surface area contributed by atoms with Gasteiger partial charge in [0, 0.05) is 43.0 Å². The lowest BCUT2D eigenvalue weighted by Crippen LogP contribution is -2.52. The number of aliphatic hydroxyl groups is 2. The molecule has 0 aliphatic rings. The lowest BCUT2D eigenvalue weighted by Gasteiger charge is -2.25. The van der Waals surface area contributed by atoms with E-state index in [1.54, 1.807) is 24.3 Å². The van der Waals surface area contributed by atoms with Crippen molar-refractivity contribution in [3.05, 3.63) is 65.2 Å². The van der Waals surface area contributed by atoms with Crippen LogP contribution in [0.5, 0.6) is 0 Å². The van der Waals surface area contributed by atoms with Crippen LogP contribution in [0.4, 0.5) is 5.69 Å². The van der Waals surface area contributed by atoms with Gasteiger partial charge in [0.2, 0.25) is 5.91 Å². The predicted octanol–water partition coefficient (Wildman–Crippen LogP) is 0.239. The number of carbonyl (C=O) groups excluding carboxylic acids is 3. The molecular weight excluding hydrogens is 398 g/mol. The number of amides is 2. The van der Waals surface area contributed by atoms with Gasteiger partial charge in [-0.25, -0.2) is 0 Å². The minimum atomic E-state index is -1.41. The zero-order valence-electron chi connectivity index (χ0n) is 17.4. The van der Waals surface area contributed by atoms with E-state index in [0.29, 0.717) is 12.1 Å². The van der Waals surface area contributed by atoms with Crippen molar-refractivity contribution in [2.75, 3.05) is 39.2 Å². The van der Waals surface area contributed by atoms with Gasteiger partial charge >= 0.3 is 0 Å². The van der Waals surface area contributed by atoms with Crippen LogP contribution in [0.25, 0.3) is 0 Å². The van der Waals surface area contributed by atoms with Gasteiger partial charge in [0.1, 0.15) is 6.61 Å². The number of Topliss-reactive ketones (excluding diaryl/α,β-unsaturated/α-hetero) is 1. The van der Waals surface area contributed by atoms with E-state index >= 15 is 0 Å². The van der Waals surface area contributed by atoms with Crippen LogP contribution in [-0.2, 0) is 9.59 Å². The number of rotatable bonds is 8. The quantitative estimate of drug-likeness (QED) is 0.357. The van der Waals surface area contributed by atoms with Gasteiger partial charge in [-0.15, -0.1) is 0 Å². The summed E-state index contributed by atoms with van der Waals surface area (Å²) < 4.78 is 0. The van der Waals surface area contributed by atoms with E-state index in [-0.39, 0.29) is 12.2 Å². The Bertz CT molecular complexity index is 959.